The molecule has 1 fully saturated rings. The van der Waals surface area contributed by atoms with E-state index in [0.717, 1.165) is 38.9 Å². The first-order valence-electron chi connectivity index (χ1n) is 8.39. The van der Waals surface area contributed by atoms with Crippen molar-refractivity contribution in [3.63, 3.8) is 0 Å². The second kappa shape index (κ2) is 7.43. The number of rotatable bonds is 3. The Morgan fingerprint density at radius 3 is 2.74 bits per heavy atom. The molecule has 1 aromatic carbocycles. The van der Waals surface area contributed by atoms with Crippen LogP contribution in [0.2, 0.25) is 0 Å². The van der Waals surface area contributed by atoms with Gasteiger partial charge in [-0.2, -0.15) is 5.26 Å². The van der Waals surface area contributed by atoms with Crippen molar-refractivity contribution < 1.29 is 4.79 Å². The first-order valence-corrected chi connectivity index (χ1v) is 8.39. The van der Waals surface area contributed by atoms with Gasteiger partial charge in [-0.3, -0.25) is 9.69 Å². The molecule has 4 heteroatoms. The third-order valence-electron chi connectivity index (χ3n) is 4.80. The Hall–Kier alpha value is -2.12. The normalized spacial score (nSPS) is 25.1. The zero-order valence-electron chi connectivity index (χ0n) is 13.4. The van der Waals surface area contributed by atoms with Crippen molar-refractivity contribution in [3.8, 4) is 6.07 Å². The van der Waals surface area contributed by atoms with Gasteiger partial charge in [0.25, 0.3) is 0 Å². The summed E-state index contributed by atoms with van der Waals surface area (Å²) in [6.45, 7) is 2.79. The SMILES string of the molecule is N#C[C@@H]1CN(C(=O)[C@@H]2CC=CCC2)CCN1Cc1ccccc1. The number of nitriles is 1. The number of benzene rings is 1. The highest BCUT2D eigenvalue weighted by molar-refractivity contribution is 5.79. The van der Waals surface area contributed by atoms with Crippen molar-refractivity contribution in [1.82, 2.24) is 9.80 Å². The molecule has 1 amide bonds. The predicted molar refractivity (Wildman–Crippen MR) is 89.3 cm³/mol. The zero-order chi connectivity index (χ0) is 16.1. The van der Waals surface area contributed by atoms with Crippen LogP contribution < -0.4 is 0 Å². The smallest absolute Gasteiger partial charge is 0.226 e. The van der Waals surface area contributed by atoms with E-state index in [1.165, 1.54) is 5.56 Å². The highest BCUT2D eigenvalue weighted by Crippen LogP contribution is 2.23. The van der Waals surface area contributed by atoms with E-state index in [2.05, 4.69) is 35.3 Å². The summed E-state index contributed by atoms with van der Waals surface area (Å²) in [7, 11) is 0. The molecular formula is C19H23N3O. The first-order chi connectivity index (χ1) is 11.3. The molecule has 1 aliphatic carbocycles. The molecule has 0 radical (unpaired) electrons. The standard InChI is InChI=1S/C19H23N3O/c20-13-18-15-22(19(23)17-9-5-2-6-10-17)12-11-21(18)14-16-7-3-1-4-8-16/h1-5,7-8,17-18H,6,9-12,14-15H2/t17-,18-/m1/s1. The molecule has 1 heterocycles. The first kappa shape index (κ1) is 15.8. The zero-order valence-corrected chi connectivity index (χ0v) is 13.4. The monoisotopic (exact) mass is 309 g/mol. The molecule has 120 valence electrons. The third kappa shape index (κ3) is 3.80. The van der Waals surface area contributed by atoms with Crippen LogP contribution in [0.3, 0.4) is 0 Å². The van der Waals surface area contributed by atoms with Gasteiger partial charge in [-0.15, -0.1) is 0 Å². The summed E-state index contributed by atoms with van der Waals surface area (Å²) >= 11 is 0. The molecule has 23 heavy (non-hydrogen) atoms. The number of carbonyl (C=O) groups is 1. The lowest BCUT2D eigenvalue weighted by molar-refractivity contribution is -0.138. The van der Waals surface area contributed by atoms with Crippen molar-refractivity contribution in [2.45, 2.75) is 31.8 Å². The van der Waals surface area contributed by atoms with E-state index in [-0.39, 0.29) is 17.9 Å². The molecule has 1 saturated heterocycles. The van der Waals surface area contributed by atoms with Crippen LogP contribution >= 0.6 is 0 Å². The summed E-state index contributed by atoms with van der Waals surface area (Å²) in [6.07, 6.45) is 7.04. The van der Waals surface area contributed by atoms with Gasteiger partial charge >= 0.3 is 0 Å². The molecule has 2 aliphatic rings. The number of allylic oxidation sites excluding steroid dienone is 2. The molecule has 1 aromatic rings. The van der Waals surface area contributed by atoms with Gasteiger partial charge in [0.05, 0.1) is 6.07 Å². The molecular weight excluding hydrogens is 286 g/mol. The number of piperazine rings is 1. The average Bonchev–Trinajstić information content (AvgIpc) is 2.63. The fourth-order valence-electron chi connectivity index (χ4n) is 3.43. The minimum atomic E-state index is -0.216. The van der Waals surface area contributed by atoms with Gasteiger partial charge in [0, 0.05) is 32.1 Å². The second-order valence-electron chi connectivity index (χ2n) is 6.37. The molecule has 0 unspecified atom stereocenters. The molecule has 0 bridgehead atoms. The van der Waals surface area contributed by atoms with Crippen LogP contribution in [0.15, 0.2) is 42.5 Å². The lowest BCUT2D eigenvalue weighted by atomic mass is 9.92. The Balaban J connectivity index is 1.61. The van der Waals surface area contributed by atoms with Gasteiger partial charge in [-0.1, -0.05) is 42.5 Å². The Labute approximate surface area is 138 Å². The Morgan fingerprint density at radius 1 is 1.22 bits per heavy atom. The number of hydrogen-bond acceptors (Lipinski definition) is 3. The van der Waals surface area contributed by atoms with E-state index in [1.807, 2.05) is 23.1 Å². The van der Waals surface area contributed by atoms with Crippen LogP contribution in [0, 0.1) is 17.2 Å². The van der Waals surface area contributed by atoms with Gasteiger partial charge < -0.3 is 4.90 Å². The summed E-state index contributed by atoms with van der Waals surface area (Å²) in [5.74, 6) is 0.342. The van der Waals surface area contributed by atoms with E-state index >= 15 is 0 Å². The molecule has 1 aliphatic heterocycles. The van der Waals surface area contributed by atoms with Gasteiger partial charge in [-0.05, 0) is 24.8 Å². The summed E-state index contributed by atoms with van der Waals surface area (Å²) in [5.41, 5.74) is 1.21. The number of carbonyl (C=O) groups excluding carboxylic acids is 1. The summed E-state index contributed by atoms with van der Waals surface area (Å²) in [6, 6.07) is 12.4. The highest BCUT2D eigenvalue weighted by atomic mass is 16.2. The molecule has 0 N–H and O–H groups in total. The molecule has 3 rings (SSSR count). The van der Waals surface area contributed by atoms with E-state index < -0.39 is 0 Å². The predicted octanol–water partition coefficient (Wildman–Crippen LogP) is 2.58. The maximum Gasteiger partial charge on any atom is 0.226 e. The minimum absolute atomic E-state index is 0.111. The van der Waals surface area contributed by atoms with E-state index in [4.69, 9.17) is 0 Å². The van der Waals surface area contributed by atoms with Crippen LogP contribution in [0.25, 0.3) is 0 Å². The number of hydrogen-bond donors (Lipinski definition) is 0. The minimum Gasteiger partial charge on any atom is -0.339 e. The summed E-state index contributed by atoms with van der Waals surface area (Å²) in [5, 5.41) is 9.51. The molecule has 4 nitrogen and oxygen atoms in total. The lowest BCUT2D eigenvalue weighted by Gasteiger charge is -2.39. The van der Waals surface area contributed by atoms with Crippen LogP contribution in [-0.4, -0.2) is 41.4 Å². The van der Waals surface area contributed by atoms with Crippen molar-refractivity contribution in [2.24, 2.45) is 5.92 Å². The fourth-order valence-corrected chi connectivity index (χ4v) is 3.43. The van der Waals surface area contributed by atoms with E-state index in [0.29, 0.717) is 6.54 Å². The second-order valence-corrected chi connectivity index (χ2v) is 6.37. The van der Waals surface area contributed by atoms with Gasteiger partial charge in [-0.25, -0.2) is 0 Å². The number of nitrogens with zero attached hydrogens (tertiary/aromatic N) is 3. The van der Waals surface area contributed by atoms with Crippen LogP contribution in [0.1, 0.15) is 24.8 Å². The summed E-state index contributed by atoms with van der Waals surface area (Å²) < 4.78 is 0. The van der Waals surface area contributed by atoms with Crippen molar-refractivity contribution in [3.05, 3.63) is 48.0 Å². The molecule has 0 spiro atoms. The van der Waals surface area contributed by atoms with Gasteiger partial charge in [0.2, 0.25) is 5.91 Å². The molecule has 0 saturated carbocycles. The molecule has 2 atom stereocenters. The highest BCUT2D eigenvalue weighted by Gasteiger charge is 2.32. The lowest BCUT2D eigenvalue weighted by Crippen LogP contribution is -2.55. The topological polar surface area (TPSA) is 47.3 Å². The maximum absolute atomic E-state index is 12.6. The van der Waals surface area contributed by atoms with Gasteiger partial charge in [0.15, 0.2) is 0 Å². The van der Waals surface area contributed by atoms with E-state index in [9.17, 15) is 10.1 Å². The summed E-state index contributed by atoms with van der Waals surface area (Å²) in [4.78, 5) is 16.7. The maximum atomic E-state index is 12.6. The largest absolute Gasteiger partial charge is 0.339 e. The van der Waals surface area contributed by atoms with Crippen molar-refractivity contribution in [2.75, 3.05) is 19.6 Å². The number of amides is 1. The van der Waals surface area contributed by atoms with Crippen LogP contribution in [0.5, 0.6) is 0 Å². The molecule has 0 aromatic heterocycles. The Bertz CT molecular complexity index is 605. The van der Waals surface area contributed by atoms with Gasteiger partial charge in [0.1, 0.15) is 6.04 Å². The van der Waals surface area contributed by atoms with Crippen molar-refractivity contribution >= 4 is 5.91 Å². The van der Waals surface area contributed by atoms with Crippen molar-refractivity contribution in [1.29, 1.82) is 5.26 Å². The van der Waals surface area contributed by atoms with Crippen LogP contribution in [-0.2, 0) is 11.3 Å². The van der Waals surface area contributed by atoms with Crippen LogP contribution in [0.4, 0.5) is 0 Å². The quantitative estimate of drug-likeness (QED) is 0.806. The Kier molecular flexibility index (Phi) is 5.09. The Morgan fingerprint density at radius 2 is 2.04 bits per heavy atom. The third-order valence-corrected chi connectivity index (χ3v) is 4.80. The average molecular weight is 309 g/mol. The van der Waals surface area contributed by atoms with E-state index in [1.54, 1.807) is 0 Å². The fraction of sp³-hybridized carbons (Fsp3) is 0.474.